The monoisotopic (exact) mass is 347 g/mol. The number of amides is 1. The highest BCUT2D eigenvalue weighted by atomic mass is 19.1. The molecule has 2 N–H and O–H groups in total. The highest BCUT2D eigenvalue weighted by Gasteiger charge is 2.21. The average molecular weight is 347 g/mol. The summed E-state index contributed by atoms with van der Waals surface area (Å²) in [4.78, 5) is 24.1. The highest BCUT2D eigenvalue weighted by Crippen LogP contribution is 2.24. The zero-order chi connectivity index (χ0) is 18.6. The molecule has 0 saturated heterocycles. The number of nitrogens with one attached hydrogen (secondary N) is 1. The van der Waals surface area contributed by atoms with Gasteiger partial charge >= 0.3 is 5.97 Å². The van der Waals surface area contributed by atoms with Crippen molar-refractivity contribution in [3.63, 3.8) is 0 Å². The molecule has 7 heteroatoms. The van der Waals surface area contributed by atoms with Gasteiger partial charge in [-0.3, -0.25) is 4.79 Å². The second kappa shape index (κ2) is 7.65. The van der Waals surface area contributed by atoms with Crippen molar-refractivity contribution in [1.29, 1.82) is 0 Å². The van der Waals surface area contributed by atoms with Crippen LogP contribution in [0.5, 0.6) is 11.5 Å². The fourth-order valence-electron chi connectivity index (χ4n) is 2.00. The summed E-state index contributed by atoms with van der Waals surface area (Å²) in [5.74, 6) is -1.88. The predicted octanol–water partition coefficient (Wildman–Crippen LogP) is 3.03. The number of aromatic hydroxyl groups is 1. The lowest BCUT2D eigenvalue weighted by Crippen LogP contribution is -2.30. The summed E-state index contributed by atoms with van der Waals surface area (Å²) in [5.41, 5.74) is 0.609. The lowest BCUT2D eigenvalue weighted by molar-refractivity contribution is -0.123. The van der Waals surface area contributed by atoms with Crippen molar-refractivity contribution in [2.24, 2.45) is 0 Å². The van der Waals surface area contributed by atoms with Gasteiger partial charge in [-0.15, -0.1) is 0 Å². The zero-order valence-corrected chi connectivity index (χ0v) is 14.0. The van der Waals surface area contributed by atoms with E-state index in [-0.39, 0.29) is 17.0 Å². The first-order valence-corrected chi connectivity index (χ1v) is 7.47. The molecule has 0 radical (unpaired) electrons. The second-order valence-electron chi connectivity index (χ2n) is 5.38. The molecule has 1 atom stereocenters. The Morgan fingerprint density at radius 2 is 1.92 bits per heavy atom. The minimum atomic E-state index is -1.14. The zero-order valence-electron chi connectivity index (χ0n) is 14.0. The quantitative estimate of drug-likeness (QED) is 0.812. The lowest BCUT2D eigenvalue weighted by Gasteiger charge is -2.14. The molecule has 2 rings (SSSR count). The number of rotatable bonds is 5. The molecular weight excluding hydrogens is 329 g/mol. The predicted molar refractivity (Wildman–Crippen MR) is 89.3 cm³/mol. The Morgan fingerprint density at radius 1 is 1.20 bits per heavy atom. The van der Waals surface area contributed by atoms with E-state index in [1.165, 1.54) is 44.4 Å². The average Bonchev–Trinajstić information content (AvgIpc) is 2.57. The number of methoxy groups -OCH3 is 1. The second-order valence-corrected chi connectivity index (χ2v) is 5.38. The van der Waals surface area contributed by atoms with Crippen molar-refractivity contribution in [2.45, 2.75) is 20.0 Å². The van der Waals surface area contributed by atoms with E-state index in [0.717, 1.165) is 0 Å². The Morgan fingerprint density at radius 3 is 2.52 bits per heavy atom. The van der Waals surface area contributed by atoms with Crippen LogP contribution in [0, 0.1) is 12.7 Å². The molecule has 0 spiro atoms. The Bertz CT molecular complexity index is 806. The number of carbonyl (C=O) groups excluding carboxylic acids is 2. The summed E-state index contributed by atoms with van der Waals surface area (Å²) < 4.78 is 23.5. The van der Waals surface area contributed by atoms with Crippen LogP contribution in [0.25, 0.3) is 0 Å². The molecule has 0 aromatic heterocycles. The van der Waals surface area contributed by atoms with E-state index in [1.807, 2.05) is 0 Å². The number of esters is 1. The molecule has 0 saturated carbocycles. The molecule has 2 aromatic carbocycles. The van der Waals surface area contributed by atoms with Crippen molar-refractivity contribution >= 4 is 17.6 Å². The third kappa shape index (κ3) is 4.47. The fraction of sp³-hybridized carbons (Fsp3) is 0.222. The highest BCUT2D eigenvalue weighted by molar-refractivity contribution is 5.98. The third-order valence-electron chi connectivity index (χ3n) is 3.52. The Balaban J connectivity index is 2.02. The van der Waals surface area contributed by atoms with E-state index in [1.54, 1.807) is 13.0 Å². The molecule has 0 fully saturated rings. The van der Waals surface area contributed by atoms with Gasteiger partial charge in [0.25, 0.3) is 5.91 Å². The van der Waals surface area contributed by atoms with Crippen molar-refractivity contribution in [3.05, 3.63) is 53.3 Å². The van der Waals surface area contributed by atoms with Crippen LogP contribution in [-0.2, 0) is 9.53 Å². The van der Waals surface area contributed by atoms with E-state index in [4.69, 9.17) is 9.47 Å². The summed E-state index contributed by atoms with van der Waals surface area (Å²) in [6.07, 6.45) is -1.14. The summed E-state index contributed by atoms with van der Waals surface area (Å²) in [7, 11) is 1.42. The van der Waals surface area contributed by atoms with Gasteiger partial charge in [-0.1, -0.05) is 6.07 Å². The molecule has 132 valence electrons. The van der Waals surface area contributed by atoms with Crippen LogP contribution in [0.3, 0.4) is 0 Å². The van der Waals surface area contributed by atoms with E-state index in [9.17, 15) is 19.1 Å². The van der Waals surface area contributed by atoms with Crippen molar-refractivity contribution in [1.82, 2.24) is 0 Å². The number of halogens is 1. The molecule has 0 unspecified atom stereocenters. The molecule has 1 amide bonds. The van der Waals surface area contributed by atoms with E-state index < -0.39 is 23.8 Å². The Hall–Kier alpha value is -3.09. The van der Waals surface area contributed by atoms with E-state index in [0.29, 0.717) is 11.3 Å². The number of benzene rings is 2. The van der Waals surface area contributed by atoms with Crippen LogP contribution >= 0.6 is 0 Å². The molecule has 6 nitrogen and oxygen atoms in total. The van der Waals surface area contributed by atoms with Crippen LogP contribution < -0.4 is 10.1 Å². The van der Waals surface area contributed by atoms with Crippen LogP contribution in [0.4, 0.5) is 10.1 Å². The van der Waals surface area contributed by atoms with E-state index >= 15 is 0 Å². The number of phenolic OH excluding ortho intramolecular Hbond substituents is 1. The molecule has 0 heterocycles. The standard InChI is InChI=1S/C18H18FNO5/c1-10-4-5-12(8-15(10)19)20-17(22)11(2)25-18(23)14-7-6-13(24-3)9-16(14)21/h4-9,11,21H,1-3H3,(H,20,22)/t11-/m1/s1. The van der Waals surface area contributed by atoms with E-state index in [2.05, 4.69) is 5.32 Å². The number of hydrogen-bond acceptors (Lipinski definition) is 5. The van der Waals surface area contributed by atoms with Gasteiger partial charge in [-0.2, -0.15) is 0 Å². The van der Waals surface area contributed by atoms with Gasteiger partial charge in [-0.25, -0.2) is 9.18 Å². The van der Waals surface area contributed by atoms with Gasteiger partial charge in [0.15, 0.2) is 6.10 Å². The van der Waals surface area contributed by atoms with Crippen LogP contribution in [0.2, 0.25) is 0 Å². The largest absolute Gasteiger partial charge is 0.507 e. The lowest BCUT2D eigenvalue weighted by atomic mass is 10.2. The number of ether oxygens (including phenoxy) is 2. The first kappa shape index (κ1) is 18.3. The van der Waals surface area contributed by atoms with Gasteiger partial charge in [-0.05, 0) is 43.7 Å². The maximum absolute atomic E-state index is 13.5. The third-order valence-corrected chi connectivity index (χ3v) is 3.52. The number of anilines is 1. The first-order chi connectivity index (χ1) is 11.8. The Labute approximate surface area is 144 Å². The molecule has 0 aliphatic rings. The number of carbonyl (C=O) groups is 2. The van der Waals surface area contributed by atoms with Gasteiger partial charge in [0.05, 0.1) is 7.11 Å². The summed E-state index contributed by atoms with van der Waals surface area (Å²) in [6.45, 7) is 2.98. The van der Waals surface area contributed by atoms with Gasteiger partial charge in [0.2, 0.25) is 0 Å². The van der Waals surface area contributed by atoms with Crippen molar-refractivity contribution < 1.29 is 28.6 Å². The smallest absolute Gasteiger partial charge is 0.342 e. The summed E-state index contributed by atoms with van der Waals surface area (Å²) in [6, 6.07) is 8.32. The fourth-order valence-corrected chi connectivity index (χ4v) is 2.00. The van der Waals surface area contributed by atoms with Crippen molar-refractivity contribution in [3.8, 4) is 11.5 Å². The molecule has 2 aromatic rings. The molecule has 25 heavy (non-hydrogen) atoms. The molecular formula is C18H18FNO5. The number of hydrogen-bond donors (Lipinski definition) is 2. The minimum Gasteiger partial charge on any atom is -0.507 e. The minimum absolute atomic E-state index is 0.0955. The summed E-state index contributed by atoms with van der Waals surface area (Å²) in [5, 5.41) is 12.3. The molecule has 0 aliphatic carbocycles. The van der Waals surface area contributed by atoms with Gasteiger partial charge in [0, 0.05) is 11.8 Å². The van der Waals surface area contributed by atoms with Crippen molar-refractivity contribution in [2.75, 3.05) is 12.4 Å². The maximum Gasteiger partial charge on any atom is 0.342 e. The van der Waals surface area contributed by atoms with Crippen LogP contribution in [-0.4, -0.2) is 30.2 Å². The van der Waals surface area contributed by atoms with Crippen LogP contribution in [0.1, 0.15) is 22.8 Å². The van der Waals surface area contributed by atoms with Gasteiger partial charge in [0.1, 0.15) is 22.9 Å². The SMILES string of the molecule is COc1ccc(C(=O)O[C@H](C)C(=O)Nc2ccc(C)c(F)c2)c(O)c1. The number of aryl methyl sites for hydroxylation is 1. The number of phenols is 1. The van der Waals surface area contributed by atoms with Gasteiger partial charge < -0.3 is 19.9 Å². The van der Waals surface area contributed by atoms with Crippen LogP contribution in [0.15, 0.2) is 36.4 Å². The topological polar surface area (TPSA) is 84.9 Å². The Kier molecular flexibility index (Phi) is 5.59. The normalized spacial score (nSPS) is 11.5. The first-order valence-electron chi connectivity index (χ1n) is 7.47. The maximum atomic E-state index is 13.5. The molecule has 0 bridgehead atoms. The molecule has 0 aliphatic heterocycles. The summed E-state index contributed by atoms with van der Waals surface area (Å²) >= 11 is 0.